The number of nitrogens with two attached hydrogens (primary N) is 2. The summed E-state index contributed by atoms with van der Waals surface area (Å²) in [5, 5.41) is 4.00. The van der Waals surface area contributed by atoms with Crippen molar-refractivity contribution < 1.29 is 25.0 Å². The van der Waals surface area contributed by atoms with Crippen molar-refractivity contribution in [3.63, 3.8) is 0 Å². The smallest absolute Gasteiger partial charge is 0.0973 e. The largest absolute Gasteiger partial charge is 0.811 e. The third-order valence-corrected chi connectivity index (χ3v) is 1.11. The van der Waals surface area contributed by atoms with Crippen molar-refractivity contribution in [1.82, 2.24) is 0 Å². The molecule has 2 aliphatic rings. The second kappa shape index (κ2) is 8.35. The number of hydrogen-bond donors (Lipinski definition) is 2. The lowest BCUT2D eigenvalue weighted by Gasteiger charge is -2.22. The van der Waals surface area contributed by atoms with Crippen LogP contribution in [0.2, 0.25) is 0 Å². The Hall–Kier alpha value is -0.970. The summed E-state index contributed by atoms with van der Waals surface area (Å²) in [5.74, 6) is 0. The standard InChI is InChI=1S/2C4H5N.CH5O3P/c2*1-2-4-5-3-1;1-5(2,3)4/h2*1-5H;1H3,(H2,2,3,4). The van der Waals surface area contributed by atoms with Crippen molar-refractivity contribution in [2.24, 2.45) is 0 Å². The van der Waals surface area contributed by atoms with Gasteiger partial charge in [-0.15, -0.1) is 0 Å². The molecule has 2 heterocycles. The summed E-state index contributed by atoms with van der Waals surface area (Å²) in [6.07, 6.45) is 16.0. The molecule has 15 heavy (non-hydrogen) atoms. The molecule has 6 heteroatoms. The molecule has 0 atom stereocenters. The molecule has 2 aliphatic heterocycles. The molecule has 0 amide bonds. The zero-order chi connectivity index (χ0) is 11.6. The van der Waals surface area contributed by atoms with Crippen LogP contribution in [0.3, 0.4) is 0 Å². The molecule has 2 rings (SSSR count). The predicted octanol–water partition coefficient (Wildman–Crippen LogP) is -2.29. The highest BCUT2D eigenvalue weighted by Gasteiger charge is 1.75. The van der Waals surface area contributed by atoms with E-state index < -0.39 is 7.60 Å². The minimum Gasteiger partial charge on any atom is -0.811 e. The zero-order valence-corrected chi connectivity index (χ0v) is 9.34. The van der Waals surface area contributed by atoms with Crippen LogP contribution in [0.4, 0.5) is 0 Å². The monoisotopic (exact) mass is 230 g/mol. The molecule has 0 aromatic rings. The summed E-state index contributed by atoms with van der Waals surface area (Å²) < 4.78 is 9.10. The van der Waals surface area contributed by atoms with Crippen LogP contribution in [-0.2, 0) is 4.57 Å². The Kier molecular flexibility index (Phi) is 7.81. The zero-order valence-electron chi connectivity index (χ0n) is 8.45. The van der Waals surface area contributed by atoms with Gasteiger partial charge in [0.2, 0.25) is 0 Å². The minimum absolute atomic E-state index is 0.632. The first-order valence-corrected chi connectivity index (χ1v) is 6.32. The van der Waals surface area contributed by atoms with Crippen molar-refractivity contribution in [2.75, 3.05) is 6.66 Å². The fraction of sp³-hybridized carbons (Fsp3) is 0.111. The summed E-state index contributed by atoms with van der Waals surface area (Å²) in [7, 11) is -4.14. The number of hydrogen-bond acceptors (Lipinski definition) is 3. The third kappa shape index (κ3) is 19.4. The molecule has 0 radical (unpaired) electrons. The quantitative estimate of drug-likeness (QED) is 0.458. The maximum absolute atomic E-state index is 9.10. The predicted molar refractivity (Wildman–Crippen MR) is 53.9 cm³/mol. The SMILES string of the molecule is C1=C[NH2+]C=C1.C1=C[NH2+]C=C1.CP(=O)([O-])[O-]. The van der Waals surface area contributed by atoms with Crippen LogP contribution < -0.4 is 20.4 Å². The lowest BCUT2D eigenvalue weighted by molar-refractivity contribution is -0.510. The number of allylic oxidation sites excluding steroid dienone is 4. The van der Waals surface area contributed by atoms with Gasteiger partial charge in [-0.3, -0.25) is 10.6 Å². The van der Waals surface area contributed by atoms with Gasteiger partial charge in [-0.05, 0) is 31.0 Å². The maximum Gasteiger partial charge on any atom is 0.0973 e. The molecule has 4 N–H and O–H groups in total. The second-order valence-electron chi connectivity index (χ2n) is 2.70. The van der Waals surface area contributed by atoms with Gasteiger partial charge >= 0.3 is 0 Å². The van der Waals surface area contributed by atoms with Gasteiger partial charge in [0.05, 0.1) is 24.8 Å². The summed E-state index contributed by atoms with van der Waals surface area (Å²) >= 11 is 0. The summed E-state index contributed by atoms with van der Waals surface area (Å²) in [6, 6.07) is 0. The fourth-order valence-electron chi connectivity index (χ4n) is 0.642. The summed E-state index contributed by atoms with van der Waals surface area (Å²) in [6.45, 7) is 0.632. The summed E-state index contributed by atoms with van der Waals surface area (Å²) in [4.78, 5) is 18.2. The Bertz CT molecular complexity index is 265. The van der Waals surface area contributed by atoms with E-state index in [0.29, 0.717) is 6.66 Å². The lowest BCUT2D eigenvalue weighted by atomic mass is 10.6. The Morgan fingerprint density at radius 1 is 0.867 bits per heavy atom. The van der Waals surface area contributed by atoms with E-state index in [0.717, 1.165) is 0 Å². The molecular weight excluding hydrogens is 215 g/mol. The molecule has 0 unspecified atom stereocenters. The van der Waals surface area contributed by atoms with Gasteiger partial charge in [-0.1, -0.05) is 7.60 Å². The Morgan fingerprint density at radius 3 is 1.13 bits per heavy atom. The minimum atomic E-state index is -4.14. The highest BCUT2D eigenvalue weighted by Crippen LogP contribution is 2.12. The van der Waals surface area contributed by atoms with Gasteiger partial charge in [0.1, 0.15) is 0 Å². The Balaban J connectivity index is 0.000000196. The molecular formula is C9H15N2O3P. The van der Waals surface area contributed by atoms with Gasteiger partial charge in [-0.25, -0.2) is 0 Å². The molecule has 5 nitrogen and oxygen atoms in total. The van der Waals surface area contributed by atoms with Gasteiger partial charge in [0.15, 0.2) is 0 Å². The number of quaternary nitrogens is 2. The van der Waals surface area contributed by atoms with Crippen LogP contribution in [0, 0.1) is 0 Å². The van der Waals surface area contributed by atoms with Crippen LogP contribution in [0.1, 0.15) is 0 Å². The van der Waals surface area contributed by atoms with Crippen LogP contribution >= 0.6 is 7.60 Å². The third-order valence-electron chi connectivity index (χ3n) is 1.11. The number of rotatable bonds is 0. The van der Waals surface area contributed by atoms with Gasteiger partial charge < -0.3 is 14.4 Å². The first-order valence-electron chi connectivity index (χ1n) is 4.33. The van der Waals surface area contributed by atoms with Crippen LogP contribution in [0.15, 0.2) is 49.1 Å². The van der Waals surface area contributed by atoms with E-state index in [1.807, 2.05) is 59.7 Å². The average Bonchev–Trinajstić information content (AvgIpc) is 2.81. The Morgan fingerprint density at radius 2 is 1.07 bits per heavy atom. The second-order valence-corrected chi connectivity index (χ2v) is 4.24. The van der Waals surface area contributed by atoms with E-state index in [4.69, 9.17) is 14.4 Å². The molecule has 0 fully saturated rings. The molecule has 0 aromatic carbocycles. The van der Waals surface area contributed by atoms with Gasteiger partial charge in [0, 0.05) is 0 Å². The van der Waals surface area contributed by atoms with E-state index in [1.165, 1.54) is 0 Å². The van der Waals surface area contributed by atoms with Gasteiger partial charge in [-0.2, -0.15) is 0 Å². The Labute approximate surface area is 89.1 Å². The van der Waals surface area contributed by atoms with Gasteiger partial charge in [0.25, 0.3) is 0 Å². The molecule has 84 valence electrons. The van der Waals surface area contributed by atoms with Crippen molar-refractivity contribution >= 4 is 7.60 Å². The van der Waals surface area contributed by atoms with E-state index in [9.17, 15) is 0 Å². The topological polar surface area (TPSA) is 96.4 Å². The molecule has 0 saturated heterocycles. The first-order chi connectivity index (χ1) is 7.00. The maximum atomic E-state index is 9.10. The van der Waals surface area contributed by atoms with Crippen LogP contribution in [0.5, 0.6) is 0 Å². The van der Waals surface area contributed by atoms with Crippen LogP contribution in [0.25, 0.3) is 0 Å². The highest BCUT2D eigenvalue weighted by molar-refractivity contribution is 7.47. The average molecular weight is 230 g/mol. The van der Waals surface area contributed by atoms with Crippen LogP contribution in [-0.4, -0.2) is 6.66 Å². The summed E-state index contributed by atoms with van der Waals surface area (Å²) in [5.41, 5.74) is 0. The first kappa shape index (κ1) is 14.0. The van der Waals surface area contributed by atoms with E-state index in [1.54, 1.807) is 0 Å². The van der Waals surface area contributed by atoms with Crippen molar-refractivity contribution in [3.05, 3.63) is 49.1 Å². The lowest BCUT2D eigenvalue weighted by Crippen LogP contribution is -2.69. The van der Waals surface area contributed by atoms with E-state index in [-0.39, 0.29) is 0 Å². The van der Waals surface area contributed by atoms with E-state index in [2.05, 4.69) is 0 Å². The van der Waals surface area contributed by atoms with Crippen molar-refractivity contribution in [1.29, 1.82) is 0 Å². The normalized spacial score (nSPS) is 15.7. The molecule has 0 spiro atoms. The highest BCUT2D eigenvalue weighted by atomic mass is 31.2. The molecule has 0 bridgehead atoms. The molecule has 0 aliphatic carbocycles. The molecule has 0 aromatic heterocycles. The van der Waals surface area contributed by atoms with Crippen molar-refractivity contribution in [3.8, 4) is 0 Å². The molecule has 0 saturated carbocycles. The van der Waals surface area contributed by atoms with Crippen molar-refractivity contribution in [2.45, 2.75) is 0 Å². The fourth-order valence-corrected chi connectivity index (χ4v) is 0.642. The van der Waals surface area contributed by atoms with E-state index >= 15 is 0 Å².